The molecule has 132 valence electrons. The van der Waals surface area contributed by atoms with Gasteiger partial charge in [-0.1, -0.05) is 23.7 Å². The molecule has 5 nitrogen and oxygen atoms in total. The lowest BCUT2D eigenvalue weighted by molar-refractivity contribution is 0.182. The molecule has 6 heteroatoms. The minimum atomic E-state index is -0.0773. The fraction of sp³-hybridized carbons (Fsp3) is 0.368. The predicted octanol–water partition coefficient (Wildman–Crippen LogP) is 3.82. The zero-order valence-electron chi connectivity index (χ0n) is 14.2. The number of urea groups is 1. The number of halogens is 1. The average Bonchev–Trinajstić information content (AvgIpc) is 2.61. The number of carbonyl (C=O) groups excluding carboxylic acids is 1. The van der Waals surface area contributed by atoms with Gasteiger partial charge in [-0.3, -0.25) is 4.79 Å². The first-order valence-electron chi connectivity index (χ1n) is 8.51. The van der Waals surface area contributed by atoms with Crippen LogP contribution in [0, 0.1) is 12.8 Å². The van der Waals surface area contributed by atoms with Crippen LogP contribution in [0.2, 0.25) is 5.02 Å². The number of amides is 2. The Morgan fingerprint density at radius 1 is 1.28 bits per heavy atom. The van der Waals surface area contributed by atoms with Crippen molar-refractivity contribution in [3.63, 3.8) is 0 Å². The largest absolute Gasteiger partial charge is 0.329 e. The Labute approximate surface area is 152 Å². The van der Waals surface area contributed by atoms with Crippen molar-refractivity contribution in [3.8, 4) is 0 Å². The smallest absolute Gasteiger partial charge is 0.321 e. The molecular weight excluding hydrogens is 338 g/mol. The third-order valence-electron chi connectivity index (χ3n) is 4.72. The van der Waals surface area contributed by atoms with E-state index in [2.05, 4.69) is 10.3 Å². The van der Waals surface area contributed by atoms with Crippen LogP contribution in [-0.4, -0.2) is 29.0 Å². The van der Waals surface area contributed by atoms with E-state index in [9.17, 15) is 9.59 Å². The highest BCUT2D eigenvalue weighted by atomic mass is 35.5. The summed E-state index contributed by atoms with van der Waals surface area (Å²) < 4.78 is 0. The van der Waals surface area contributed by atoms with Crippen LogP contribution in [0.25, 0.3) is 0 Å². The summed E-state index contributed by atoms with van der Waals surface area (Å²) in [7, 11) is 0. The highest BCUT2D eigenvalue weighted by Crippen LogP contribution is 2.24. The number of anilines is 1. The molecule has 2 aromatic rings. The lowest BCUT2D eigenvalue weighted by Gasteiger charge is -2.32. The zero-order valence-corrected chi connectivity index (χ0v) is 15.0. The zero-order chi connectivity index (χ0) is 17.8. The molecule has 1 saturated heterocycles. The topological polar surface area (TPSA) is 65.2 Å². The van der Waals surface area contributed by atoms with E-state index in [0.717, 1.165) is 49.2 Å². The maximum atomic E-state index is 12.5. The molecule has 1 aliphatic heterocycles. The second-order valence-corrected chi connectivity index (χ2v) is 7.02. The van der Waals surface area contributed by atoms with E-state index >= 15 is 0 Å². The van der Waals surface area contributed by atoms with Gasteiger partial charge in [-0.05, 0) is 55.4 Å². The van der Waals surface area contributed by atoms with Crippen molar-refractivity contribution >= 4 is 23.3 Å². The van der Waals surface area contributed by atoms with Crippen LogP contribution < -0.4 is 10.9 Å². The van der Waals surface area contributed by atoms with Crippen LogP contribution in [0.3, 0.4) is 0 Å². The number of carbonyl (C=O) groups is 1. The second kappa shape index (κ2) is 7.74. The van der Waals surface area contributed by atoms with Crippen molar-refractivity contribution in [2.24, 2.45) is 5.92 Å². The SMILES string of the molecule is Cc1ccc(Cl)cc1NC(=O)N1CCC(Cc2ccc(=O)[nH]c2)CC1. The van der Waals surface area contributed by atoms with E-state index in [-0.39, 0.29) is 11.6 Å². The standard InChI is InChI=1S/C19H22ClN3O2/c1-13-2-4-16(20)11-17(13)22-19(25)23-8-6-14(7-9-23)10-15-3-5-18(24)21-12-15/h2-5,11-12,14H,6-10H2,1H3,(H,21,24)(H,22,25). The molecule has 0 spiro atoms. The monoisotopic (exact) mass is 359 g/mol. The number of nitrogens with zero attached hydrogens (tertiary/aromatic N) is 1. The van der Waals surface area contributed by atoms with E-state index in [1.807, 2.05) is 30.0 Å². The number of pyridine rings is 1. The molecule has 3 rings (SSSR count). The van der Waals surface area contributed by atoms with Crippen molar-refractivity contribution in [2.45, 2.75) is 26.2 Å². The molecule has 25 heavy (non-hydrogen) atoms. The molecule has 0 aliphatic carbocycles. The number of H-pyrrole nitrogens is 1. The number of likely N-dealkylation sites (tertiary alicyclic amines) is 1. The molecule has 1 aromatic heterocycles. The van der Waals surface area contributed by atoms with Crippen LogP contribution in [-0.2, 0) is 6.42 Å². The summed E-state index contributed by atoms with van der Waals surface area (Å²) in [5, 5.41) is 3.57. The maximum Gasteiger partial charge on any atom is 0.321 e. The molecule has 0 saturated carbocycles. The number of nitrogens with one attached hydrogen (secondary N) is 2. The van der Waals surface area contributed by atoms with Crippen LogP contribution in [0.15, 0.2) is 41.3 Å². The van der Waals surface area contributed by atoms with E-state index in [0.29, 0.717) is 10.9 Å². The summed E-state index contributed by atoms with van der Waals surface area (Å²) in [6.07, 6.45) is 4.63. The van der Waals surface area contributed by atoms with E-state index in [4.69, 9.17) is 11.6 Å². The maximum absolute atomic E-state index is 12.5. The average molecular weight is 360 g/mol. The third kappa shape index (κ3) is 4.63. The van der Waals surface area contributed by atoms with Crippen molar-refractivity contribution < 1.29 is 4.79 Å². The molecule has 0 bridgehead atoms. The highest BCUT2D eigenvalue weighted by molar-refractivity contribution is 6.31. The third-order valence-corrected chi connectivity index (χ3v) is 4.95. The van der Waals surface area contributed by atoms with Gasteiger partial charge in [0.15, 0.2) is 0 Å². The Kier molecular flexibility index (Phi) is 5.43. The number of benzene rings is 1. The first-order chi connectivity index (χ1) is 12.0. The van der Waals surface area contributed by atoms with Crippen molar-refractivity contribution in [1.82, 2.24) is 9.88 Å². The van der Waals surface area contributed by atoms with Gasteiger partial charge in [0, 0.05) is 36.1 Å². The van der Waals surface area contributed by atoms with E-state index < -0.39 is 0 Å². The Bertz CT molecular complexity index is 790. The lowest BCUT2D eigenvalue weighted by atomic mass is 9.91. The predicted molar refractivity (Wildman–Crippen MR) is 100 cm³/mol. The molecule has 1 fully saturated rings. The number of piperidine rings is 1. The quantitative estimate of drug-likeness (QED) is 0.874. The Morgan fingerprint density at radius 3 is 2.72 bits per heavy atom. The second-order valence-electron chi connectivity index (χ2n) is 6.59. The van der Waals surface area contributed by atoms with Gasteiger partial charge in [-0.15, -0.1) is 0 Å². The number of hydrogen-bond acceptors (Lipinski definition) is 2. The molecule has 2 N–H and O–H groups in total. The Balaban J connectivity index is 1.53. The van der Waals surface area contributed by atoms with Gasteiger partial charge in [0.25, 0.3) is 0 Å². The summed E-state index contributed by atoms with van der Waals surface area (Å²) in [6.45, 7) is 3.42. The van der Waals surface area contributed by atoms with Gasteiger partial charge in [0.2, 0.25) is 5.56 Å². The van der Waals surface area contributed by atoms with Crippen molar-refractivity contribution in [2.75, 3.05) is 18.4 Å². The van der Waals surface area contributed by atoms with Gasteiger partial charge in [0.05, 0.1) is 0 Å². The fourth-order valence-corrected chi connectivity index (χ4v) is 3.34. The Morgan fingerprint density at radius 2 is 2.04 bits per heavy atom. The normalized spacial score (nSPS) is 15.2. The molecule has 0 radical (unpaired) electrons. The minimum absolute atomic E-state index is 0.0761. The number of aryl methyl sites for hydroxylation is 1. The van der Waals surface area contributed by atoms with Crippen LogP contribution in [0.5, 0.6) is 0 Å². The molecule has 0 unspecified atom stereocenters. The summed E-state index contributed by atoms with van der Waals surface area (Å²) in [5.74, 6) is 0.530. The van der Waals surface area contributed by atoms with E-state index in [1.165, 1.54) is 0 Å². The minimum Gasteiger partial charge on any atom is -0.329 e. The molecule has 0 atom stereocenters. The summed E-state index contributed by atoms with van der Waals surface area (Å²) in [4.78, 5) is 28.1. The van der Waals surface area contributed by atoms with Gasteiger partial charge in [-0.25, -0.2) is 4.79 Å². The fourth-order valence-electron chi connectivity index (χ4n) is 3.17. The van der Waals surface area contributed by atoms with Crippen molar-refractivity contribution in [1.29, 1.82) is 0 Å². The van der Waals surface area contributed by atoms with Gasteiger partial charge in [0.1, 0.15) is 0 Å². The number of rotatable bonds is 3. The van der Waals surface area contributed by atoms with Crippen molar-refractivity contribution in [3.05, 3.63) is 63.0 Å². The molecule has 1 aromatic carbocycles. The van der Waals surface area contributed by atoms with Crippen LogP contribution >= 0.6 is 11.6 Å². The van der Waals surface area contributed by atoms with Crippen LogP contribution in [0.4, 0.5) is 10.5 Å². The molecule has 2 amide bonds. The van der Waals surface area contributed by atoms with Gasteiger partial charge < -0.3 is 15.2 Å². The number of aromatic amines is 1. The van der Waals surface area contributed by atoms with Gasteiger partial charge in [-0.2, -0.15) is 0 Å². The first kappa shape index (κ1) is 17.5. The highest BCUT2D eigenvalue weighted by Gasteiger charge is 2.23. The first-order valence-corrected chi connectivity index (χ1v) is 8.89. The van der Waals surface area contributed by atoms with E-state index in [1.54, 1.807) is 18.3 Å². The van der Waals surface area contributed by atoms with Gasteiger partial charge >= 0.3 is 6.03 Å². The summed E-state index contributed by atoms with van der Waals surface area (Å²) in [6, 6.07) is 8.85. The number of hydrogen-bond donors (Lipinski definition) is 2. The lowest BCUT2D eigenvalue weighted by Crippen LogP contribution is -2.41. The summed E-state index contributed by atoms with van der Waals surface area (Å²) >= 11 is 6.00. The molecule has 2 heterocycles. The summed E-state index contributed by atoms with van der Waals surface area (Å²) in [5.41, 5.74) is 2.81. The molecule has 1 aliphatic rings. The molecular formula is C19H22ClN3O2. The van der Waals surface area contributed by atoms with Crippen LogP contribution in [0.1, 0.15) is 24.0 Å². The number of aromatic nitrogens is 1. The Hall–Kier alpha value is -2.27.